The normalized spacial score (nSPS) is 16.9. The van der Waals surface area contributed by atoms with Crippen LogP contribution in [0.3, 0.4) is 0 Å². The number of hydrogen-bond donors (Lipinski definition) is 2. The van der Waals surface area contributed by atoms with Crippen LogP contribution >= 0.6 is 35.6 Å². The van der Waals surface area contributed by atoms with Crippen LogP contribution in [0.4, 0.5) is 13.2 Å². The summed E-state index contributed by atoms with van der Waals surface area (Å²) in [5, 5.41) is 6.94. The van der Waals surface area contributed by atoms with E-state index in [9.17, 15) is 21.6 Å². The third-order valence-electron chi connectivity index (χ3n) is 4.44. The monoisotopic (exact) mass is 568 g/mol. The van der Waals surface area contributed by atoms with E-state index in [2.05, 4.69) is 15.6 Å². The summed E-state index contributed by atoms with van der Waals surface area (Å²) in [4.78, 5) is 4.48. The second-order valence-corrected chi connectivity index (χ2v) is 8.86. The van der Waals surface area contributed by atoms with E-state index in [-0.39, 0.29) is 43.0 Å². The zero-order valence-corrected chi connectivity index (χ0v) is 19.8. The number of alkyl halides is 3. The zero-order chi connectivity index (χ0) is 20.8. The first kappa shape index (κ1) is 26.2. The van der Waals surface area contributed by atoms with Crippen LogP contribution in [0.5, 0.6) is 0 Å². The minimum atomic E-state index is -5.25. The standard InChI is InChI=1S/C17H24ClF3N4O2S.HI/c1-2-22-16(23-11-13-3-5-15(18)6-4-13)24-12-14-7-9-25(10-8-14)28(26,27)17(19,20)21;/h3-6,14H,2,7-12H2,1H3,(H2,22,23,24);1H. The number of halogens is 5. The van der Waals surface area contributed by atoms with Crippen molar-refractivity contribution in [3.05, 3.63) is 34.9 Å². The van der Waals surface area contributed by atoms with Crippen LogP contribution in [0.15, 0.2) is 29.3 Å². The molecule has 1 fully saturated rings. The molecular weight excluding hydrogens is 544 g/mol. The molecule has 6 nitrogen and oxygen atoms in total. The van der Waals surface area contributed by atoms with E-state index in [1.807, 2.05) is 19.1 Å². The van der Waals surface area contributed by atoms with Gasteiger partial charge in [-0.1, -0.05) is 23.7 Å². The van der Waals surface area contributed by atoms with E-state index >= 15 is 0 Å². The lowest BCUT2D eigenvalue weighted by molar-refractivity contribution is -0.0496. The Morgan fingerprint density at radius 3 is 2.31 bits per heavy atom. The lowest BCUT2D eigenvalue weighted by Gasteiger charge is -2.31. The molecule has 0 saturated carbocycles. The first-order chi connectivity index (χ1) is 13.1. The molecule has 1 aliphatic rings. The van der Waals surface area contributed by atoms with E-state index in [0.717, 1.165) is 5.56 Å². The Morgan fingerprint density at radius 2 is 1.79 bits per heavy atom. The Balaban J connectivity index is 0.00000420. The Labute approximate surface area is 191 Å². The van der Waals surface area contributed by atoms with Crippen molar-refractivity contribution >= 4 is 51.6 Å². The lowest BCUT2D eigenvalue weighted by atomic mass is 9.98. The molecule has 2 N–H and O–H groups in total. The van der Waals surface area contributed by atoms with Gasteiger partial charge < -0.3 is 10.6 Å². The number of sulfonamides is 1. The topological polar surface area (TPSA) is 73.8 Å². The fraction of sp³-hybridized carbons (Fsp3) is 0.588. The first-order valence-electron chi connectivity index (χ1n) is 8.96. The highest BCUT2D eigenvalue weighted by atomic mass is 127. The SMILES string of the molecule is CCNC(=NCc1ccc(Cl)cc1)NCC1CCN(S(=O)(=O)C(F)(F)F)CC1.I. The molecule has 12 heteroatoms. The van der Waals surface area contributed by atoms with E-state index in [1.165, 1.54) is 0 Å². The van der Waals surface area contributed by atoms with E-state index < -0.39 is 15.5 Å². The highest BCUT2D eigenvalue weighted by Gasteiger charge is 2.50. The van der Waals surface area contributed by atoms with Gasteiger partial charge in [0.15, 0.2) is 5.96 Å². The minimum absolute atomic E-state index is 0. The zero-order valence-electron chi connectivity index (χ0n) is 15.9. The number of nitrogens with one attached hydrogen (secondary N) is 2. The predicted molar refractivity (Wildman–Crippen MR) is 119 cm³/mol. The van der Waals surface area contributed by atoms with Crippen LogP contribution < -0.4 is 10.6 Å². The average Bonchev–Trinajstić information content (AvgIpc) is 2.65. The average molecular weight is 569 g/mol. The summed E-state index contributed by atoms with van der Waals surface area (Å²) in [6.07, 6.45) is 0.720. The minimum Gasteiger partial charge on any atom is -0.357 e. The molecule has 0 aromatic heterocycles. The predicted octanol–water partition coefficient (Wildman–Crippen LogP) is 3.57. The van der Waals surface area contributed by atoms with Crippen LogP contribution in [0.25, 0.3) is 0 Å². The molecule has 0 atom stereocenters. The highest BCUT2D eigenvalue weighted by molar-refractivity contribution is 14.0. The Morgan fingerprint density at radius 1 is 1.21 bits per heavy atom. The Bertz CT molecular complexity index is 768. The molecule has 0 aliphatic carbocycles. The van der Waals surface area contributed by atoms with Gasteiger partial charge in [-0.15, -0.1) is 24.0 Å². The highest BCUT2D eigenvalue weighted by Crippen LogP contribution is 2.30. The summed E-state index contributed by atoms with van der Waals surface area (Å²) in [7, 11) is -5.24. The van der Waals surface area contributed by atoms with E-state index in [0.29, 0.717) is 47.8 Å². The third kappa shape index (κ3) is 7.76. The van der Waals surface area contributed by atoms with Gasteiger partial charge in [0.2, 0.25) is 0 Å². The van der Waals surface area contributed by atoms with Crippen molar-refractivity contribution in [3.63, 3.8) is 0 Å². The number of rotatable bonds is 6. The van der Waals surface area contributed by atoms with Gasteiger partial charge in [0.1, 0.15) is 0 Å². The molecule has 1 aromatic rings. The molecule has 166 valence electrons. The number of benzene rings is 1. The summed E-state index contributed by atoms with van der Waals surface area (Å²) < 4.78 is 61.3. The van der Waals surface area contributed by atoms with Crippen LogP contribution in [-0.4, -0.2) is 50.4 Å². The summed E-state index contributed by atoms with van der Waals surface area (Å²) in [5.41, 5.74) is -4.25. The lowest BCUT2D eigenvalue weighted by Crippen LogP contribution is -2.47. The van der Waals surface area contributed by atoms with Crippen molar-refractivity contribution in [2.24, 2.45) is 10.9 Å². The van der Waals surface area contributed by atoms with Gasteiger partial charge in [-0.2, -0.15) is 17.5 Å². The number of guanidine groups is 1. The molecule has 0 spiro atoms. The van der Waals surface area contributed by atoms with Crippen molar-refractivity contribution < 1.29 is 21.6 Å². The molecule has 1 aromatic carbocycles. The van der Waals surface area contributed by atoms with Crippen molar-refractivity contribution in [2.75, 3.05) is 26.2 Å². The van der Waals surface area contributed by atoms with E-state index in [4.69, 9.17) is 11.6 Å². The first-order valence-corrected chi connectivity index (χ1v) is 10.8. The number of hydrogen-bond acceptors (Lipinski definition) is 3. The molecule has 0 radical (unpaired) electrons. The number of piperidine rings is 1. The maximum absolute atomic E-state index is 12.6. The summed E-state index contributed by atoms with van der Waals surface area (Å²) in [6, 6.07) is 7.34. The second kappa shape index (κ2) is 11.6. The molecular formula is C17H25ClF3IN4O2S. The summed E-state index contributed by atoms with van der Waals surface area (Å²) in [5.74, 6) is 0.668. The Hall–Kier alpha value is -0.790. The van der Waals surface area contributed by atoms with E-state index in [1.54, 1.807) is 12.1 Å². The van der Waals surface area contributed by atoms with Gasteiger partial charge >= 0.3 is 15.5 Å². The molecule has 0 amide bonds. The van der Waals surface area contributed by atoms with Gasteiger partial charge in [-0.05, 0) is 43.4 Å². The fourth-order valence-corrected chi connectivity index (χ4v) is 3.95. The largest absolute Gasteiger partial charge is 0.511 e. The maximum atomic E-state index is 12.6. The number of nitrogens with zero attached hydrogens (tertiary/aromatic N) is 2. The summed E-state index contributed by atoms with van der Waals surface area (Å²) in [6.45, 7) is 3.29. The molecule has 1 heterocycles. The van der Waals surface area contributed by atoms with Crippen molar-refractivity contribution in [2.45, 2.75) is 31.8 Å². The van der Waals surface area contributed by atoms with Gasteiger partial charge in [0.25, 0.3) is 0 Å². The smallest absolute Gasteiger partial charge is 0.357 e. The maximum Gasteiger partial charge on any atom is 0.511 e. The third-order valence-corrected chi connectivity index (χ3v) is 6.32. The van der Waals surface area contributed by atoms with Crippen molar-refractivity contribution in [3.8, 4) is 0 Å². The Kier molecular flexibility index (Phi) is 10.5. The van der Waals surface area contributed by atoms with Crippen LogP contribution in [0.1, 0.15) is 25.3 Å². The molecule has 29 heavy (non-hydrogen) atoms. The summed E-state index contributed by atoms with van der Waals surface area (Å²) >= 11 is 5.86. The molecule has 1 saturated heterocycles. The quantitative estimate of drug-likeness (QED) is 0.313. The van der Waals surface area contributed by atoms with Crippen molar-refractivity contribution in [1.29, 1.82) is 0 Å². The second-order valence-electron chi connectivity index (χ2n) is 6.50. The molecule has 1 aliphatic heterocycles. The van der Waals surface area contributed by atoms with Crippen LogP contribution in [-0.2, 0) is 16.6 Å². The molecule has 0 bridgehead atoms. The van der Waals surface area contributed by atoms with Crippen molar-refractivity contribution in [1.82, 2.24) is 14.9 Å². The van der Waals surface area contributed by atoms with Gasteiger partial charge in [0.05, 0.1) is 6.54 Å². The van der Waals surface area contributed by atoms with Crippen LogP contribution in [0.2, 0.25) is 5.02 Å². The van der Waals surface area contributed by atoms with Gasteiger partial charge in [-0.25, -0.2) is 13.4 Å². The van der Waals surface area contributed by atoms with Gasteiger partial charge in [-0.3, -0.25) is 0 Å². The van der Waals surface area contributed by atoms with Crippen LogP contribution in [0, 0.1) is 5.92 Å². The molecule has 0 unspecified atom stereocenters. The van der Waals surface area contributed by atoms with Gasteiger partial charge in [0, 0.05) is 31.2 Å². The fourth-order valence-electron chi connectivity index (χ4n) is 2.84. The molecule has 2 rings (SSSR count). The number of aliphatic imine (C=N–C) groups is 1.